The molecule has 1 saturated heterocycles. The van der Waals surface area contributed by atoms with Gasteiger partial charge in [-0.3, -0.25) is 19.3 Å². The van der Waals surface area contributed by atoms with Gasteiger partial charge in [-0.25, -0.2) is 0 Å². The molecule has 2 amide bonds. The Labute approximate surface area is 140 Å². The van der Waals surface area contributed by atoms with Crippen molar-refractivity contribution >= 4 is 17.8 Å². The van der Waals surface area contributed by atoms with E-state index in [9.17, 15) is 14.4 Å². The van der Waals surface area contributed by atoms with Gasteiger partial charge in [0.25, 0.3) is 0 Å². The number of carbonyl (C=O) groups is 3. The molecule has 1 aliphatic heterocycles. The van der Waals surface area contributed by atoms with Crippen molar-refractivity contribution in [2.24, 2.45) is 11.8 Å². The fraction of sp³-hybridized carbons (Fsp3) is 0.500. The minimum Gasteiger partial charge on any atom is -0.493 e. The molecular formula is C18H21NO5. The first-order chi connectivity index (χ1) is 11.6. The summed E-state index contributed by atoms with van der Waals surface area (Å²) < 4.78 is 10.4. The number of nitrogens with zero attached hydrogens (tertiary/aromatic N) is 1. The highest BCUT2D eigenvalue weighted by atomic mass is 16.6. The highest BCUT2D eigenvalue weighted by Gasteiger charge is 2.47. The predicted octanol–water partition coefficient (Wildman–Crippen LogP) is 2.17. The van der Waals surface area contributed by atoms with Crippen LogP contribution in [0, 0.1) is 11.8 Å². The van der Waals surface area contributed by atoms with Crippen molar-refractivity contribution in [3.05, 3.63) is 24.3 Å². The van der Waals surface area contributed by atoms with Crippen LogP contribution in [-0.2, 0) is 14.4 Å². The molecule has 1 aromatic carbocycles. The maximum absolute atomic E-state index is 12.4. The monoisotopic (exact) mass is 331 g/mol. The second kappa shape index (κ2) is 7.03. The van der Waals surface area contributed by atoms with Gasteiger partial charge >= 0.3 is 5.97 Å². The van der Waals surface area contributed by atoms with Crippen molar-refractivity contribution in [3.63, 3.8) is 0 Å². The van der Waals surface area contributed by atoms with Gasteiger partial charge in [-0.15, -0.1) is 0 Å². The molecule has 2 unspecified atom stereocenters. The lowest BCUT2D eigenvalue weighted by molar-refractivity contribution is -0.141. The van der Waals surface area contributed by atoms with Crippen LogP contribution in [0.4, 0.5) is 0 Å². The fourth-order valence-electron chi connectivity index (χ4n) is 3.53. The van der Waals surface area contributed by atoms with Crippen LogP contribution in [0.2, 0.25) is 0 Å². The standard InChI is InChI=1S/C18H21NO5/c1-23-14-8-4-5-9-15(14)24-16(20)10-11-19-17(21)12-6-2-3-7-13(12)18(19)22/h4-5,8-9,12-13H,2-3,6-7,10-11H2,1H3. The summed E-state index contributed by atoms with van der Waals surface area (Å²) in [5.74, 6) is -0.324. The summed E-state index contributed by atoms with van der Waals surface area (Å²) in [7, 11) is 1.50. The number of para-hydroxylation sites is 2. The topological polar surface area (TPSA) is 72.9 Å². The molecule has 0 spiro atoms. The van der Waals surface area contributed by atoms with Crippen LogP contribution in [0.25, 0.3) is 0 Å². The summed E-state index contributed by atoms with van der Waals surface area (Å²) in [6.45, 7) is 0.0820. The summed E-state index contributed by atoms with van der Waals surface area (Å²) >= 11 is 0. The Kier molecular flexibility index (Phi) is 4.83. The van der Waals surface area contributed by atoms with E-state index >= 15 is 0 Å². The second-order valence-electron chi connectivity index (χ2n) is 6.20. The third-order valence-corrected chi connectivity index (χ3v) is 4.76. The lowest BCUT2D eigenvalue weighted by Gasteiger charge is -2.19. The summed E-state index contributed by atoms with van der Waals surface area (Å²) in [5, 5.41) is 0. The molecule has 0 aromatic heterocycles. The molecule has 0 radical (unpaired) electrons. The highest BCUT2D eigenvalue weighted by molar-refractivity contribution is 6.05. The van der Waals surface area contributed by atoms with E-state index in [1.165, 1.54) is 12.0 Å². The van der Waals surface area contributed by atoms with E-state index in [2.05, 4.69) is 0 Å². The van der Waals surface area contributed by atoms with E-state index in [-0.39, 0.29) is 36.6 Å². The molecule has 24 heavy (non-hydrogen) atoms. The van der Waals surface area contributed by atoms with Crippen LogP contribution >= 0.6 is 0 Å². The van der Waals surface area contributed by atoms with Crippen molar-refractivity contribution in [3.8, 4) is 11.5 Å². The van der Waals surface area contributed by atoms with Crippen molar-refractivity contribution in [1.82, 2.24) is 4.90 Å². The minimum absolute atomic E-state index is 0.0189. The van der Waals surface area contributed by atoms with Gasteiger partial charge in [-0.05, 0) is 25.0 Å². The van der Waals surface area contributed by atoms with Crippen LogP contribution < -0.4 is 9.47 Å². The summed E-state index contributed by atoms with van der Waals surface area (Å²) in [4.78, 5) is 38.0. The number of hydrogen-bond acceptors (Lipinski definition) is 5. The number of hydrogen-bond donors (Lipinski definition) is 0. The Morgan fingerprint density at radius 1 is 1.08 bits per heavy atom. The van der Waals surface area contributed by atoms with E-state index in [0.717, 1.165) is 25.7 Å². The molecule has 6 nitrogen and oxygen atoms in total. The Hall–Kier alpha value is -2.37. The molecule has 1 saturated carbocycles. The van der Waals surface area contributed by atoms with Crippen LogP contribution in [0.15, 0.2) is 24.3 Å². The normalized spacial score (nSPS) is 23.1. The quantitative estimate of drug-likeness (QED) is 0.470. The Balaban J connectivity index is 1.58. The van der Waals surface area contributed by atoms with Crippen molar-refractivity contribution in [2.45, 2.75) is 32.1 Å². The Morgan fingerprint density at radius 2 is 1.67 bits per heavy atom. The molecule has 2 atom stereocenters. The van der Waals surface area contributed by atoms with Crippen molar-refractivity contribution in [2.75, 3.05) is 13.7 Å². The minimum atomic E-state index is -0.491. The molecule has 3 rings (SSSR count). The molecule has 1 aromatic rings. The van der Waals surface area contributed by atoms with E-state index in [4.69, 9.17) is 9.47 Å². The predicted molar refractivity (Wildman–Crippen MR) is 85.4 cm³/mol. The van der Waals surface area contributed by atoms with E-state index in [1.807, 2.05) is 0 Å². The van der Waals surface area contributed by atoms with Crippen LogP contribution in [0.3, 0.4) is 0 Å². The lowest BCUT2D eigenvalue weighted by Crippen LogP contribution is -2.33. The van der Waals surface area contributed by atoms with Gasteiger partial charge in [-0.2, -0.15) is 0 Å². The third kappa shape index (κ3) is 3.13. The molecule has 2 fully saturated rings. The first-order valence-electron chi connectivity index (χ1n) is 8.30. The molecule has 1 heterocycles. The zero-order chi connectivity index (χ0) is 17.1. The van der Waals surface area contributed by atoms with E-state index in [0.29, 0.717) is 11.5 Å². The van der Waals surface area contributed by atoms with Crippen LogP contribution in [0.1, 0.15) is 32.1 Å². The van der Waals surface area contributed by atoms with E-state index < -0.39 is 5.97 Å². The zero-order valence-electron chi connectivity index (χ0n) is 13.7. The first kappa shape index (κ1) is 16.5. The number of likely N-dealkylation sites (tertiary alicyclic amines) is 1. The number of esters is 1. The number of carbonyl (C=O) groups excluding carboxylic acids is 3. The number of ether oxygens (including phenoxy) is 2. The fourth-order valence-corrected chi connectivity index (χ4v) is 3.53. The van der Waals surface area contributed by atoms with Gasteiger partial charge in [0, 0.05) is 6.54 Å². The van der Waals surface area contributed by atoms with Crippen LogP contribution in [0.5, 0.6) is 11.5 Å². The van der Waals surface area contributed by atoms with Gasteiger partial charge in [0.05, 0.1) is 25.4 Å². The van der Waals surface area contributed by atoms with Gasteiger partial charge in [0.15, 0.2) is 11.5 Å². The molecular weight excluding hydrogens is 310 g/mol. The number of methoxy groups -OCH3 is 1. The maximum atomic E-state index is 12.4. The van der Waals surface area contributed by atoms with Crippen LogP contribution in [-0.4, -0.2) is 36.3 Å². The largest absolute Gasteiger partial charge is 0.493 e. The van der Waals surface area contributed by atoms with Crippen molar-refractivity contribution in [1.29, 1.82) is 0 Å². The molecule has 2 aliphatic rings. The van der Waals surface area contributed by atoms with Gasteiger partial charge in [0.1, 0.15) is 0 Å². The summed E-state index contributed by atoms with van der Waals surface area (Å²) in [6, 6.07) is 6.85. The lowest BCUT2D eigenvalue weighted by atomic mass is 9.81. The van der Waals surface area contributed by atoms with Crippen molar-refractivity contribution < 1.29 is 23.9 Å². The Bertz CT molecular complexity index is 633. The average Bonchev–Trinajstić information content (AvgIpc) is 2.85. The van der Waals surface area contributed by atoms with Gasteiger partial charge in [0.2, 0.25) is 11.8 Å². The molecule has 0 bridgehead atoms. The van der Waals surface area contributed by atoms with Gasteiger partial charge in [-0.1, -0.05) is 25.0 Å². The maximum Gasteiger partial charge on any atom is 0.313 e. The number of benzene rings is 1. The summed E-state index contributed by atoms with van der Waals surface area (Å²) in [5.41, 5.74) is 0. The number of fused-ring (bicyclic) bond motifs is 1. The molecule has 0 N–H and O–H groups in total. The first-order valence-corrected chi connectivity index (χ1v) is 8.30. The molecule has 128 valence electrons. The highest BCUT2D eigenvalue weighted by Crippen LogP contribution is 2.38. The Morgan fingerprint density at radius 3 is 2.25 bits per heavy atom. The number of amides is 2. The molecule has 1 aliphatic carbocycles. The average molecular weight is 331 g/mol. The smallest absolute Gasteiger partial charge is 0.313 e. The number of rotatable bonds is 5. The number of imide groups is 1. The third-order valence-electron chi connectivity index (χ3n) is 4.76. The SMILES string of the molecule is COc1ccccc1OC(=O)CCN1C(=O)C2CCCCC2C1=O. The zero-order valence-corrected chi connectivity index (χ0v) is 13.7. The summed E-state index contributed by atoms with van der Waals surface area (Å²) in [6.07, 6.45) is 3.51. The van der Waals surface area contributed by atoms with E-state index in [1.54, 1.807) is 24.3 Å². The second-order valence-corrected chi connectivity index (χ2v) is 6.20. The van der Waals surface area contributed by atoms with Gasteiger partial charge < -0.3 is 9.47 Å². The molecule has 6 heteroatoms.